The van der Waals surface area contributed by atoms with Gasteiger partial charge in [0.25, 0.3) is 0 Å². The molecule has 1 aromatic rings. The molecular formula is C10H12Br2O3S. The molecule has 0 fully saturated rings. The largest absolute Gasteiger partial charge is 0.380 e. The smallest absolute Gasteiger partial charge is 0.306 e. The monoisotopic (exact) mass is 370 g/mol. The molecule has 90 valence electrons. The summed E-state index contributed by atoms with van der Waals surface area (Å²) in [4.78, 5) is 0. The molecule has 1 rings (SSSR count). The van der Waals surface area contributed by atoms with Crippen LogP contribution < -0.4 is 4.18 Å². The molecule has 0 heterocycles. The lowest BCUT2D eigenvalue weighted by atomic mass is 10.0. The predicted molar refractivity (Wildman–Crippen MR) is 71.4 cm³/mol. The Morgan fingerprint density at radius 3 is 1.94 bits per heavy atom. The van der Waals surface area contributed by atoms with Gasteiger partial charge in [0.2, 0.25) is 0 Å². The maximum Gasteiger partial charge on any atom is 0.306 e. The molecule has 0 saturated carbocycles. The van der Waals surface area contributed by atoms with Gasteiger partial charge in [0.1, 0.15) is 0 Å². The molecule has 0 bridgehead atoms. The molecule has 0 aromatic heterocycles. The molecule has 0 aliphatic carbocycles. The van der Waals surface area contributed by atoms with E-state index in [0.717, 1.165) is 11.8 Å². The van der Waals surface area contributed by atoms with Crippen LogP contribution in [0.2, 0.25) is 0 Å². The van der Waals surface area contributed by atoms with Crippen LogP contribution in [0.5, 0.6) is 5.75 Å². The highest BCUT2D eigenvalue weighted by Gasteiger charge is 2.14. The number of halogens is 2. The highest BCUT2D eigenvalue weighted by atomic mass is 79.9. The minimum Gasteiger partial charge on any atom is -0.380 e. The van der Waals surface area contributed by atoms with Gasteiger partial charge in [-0.15, -0.1) is 0 Å². The van der Waals surface area contributed by atoms with Gasteiger partial charge in [-0.25, -0.2) is 0 Å². The van der Waals surface area contributed by atoms with Gasteiger partial charge in [0.05, 0.1) is 15.2 Å². The fourth-order valence-corrected chi connectivity index (χ4v) is 3.22. The lowest BCUT2D eigenvalue weighted by Crippen LogP contribution is -2.07. The zero-order chi connectivity index (χ0) is 12.5. The molecule has 0 saturated heterocycles. The van der Waals surface area contributed by atoms with Gasteiger partial charge in [-0.3, -0.25) is 0 Å². The van der Waals surface area contributed by atoms with Gasteiger partial charge in [0, 0.05) is 0 Å². The summed E-state index contributed by atoms with van der Waals surface area (Å²) >= 11 is 6.60. The van der Waals surface area contributed by atoms with Crippen molar-refractivity contribution in [1.29, 1.82) is 0 Å². The lowest BCUT2D eigenvalue weighted by Gasteiger charge is -2.12. The molecule has 6 heteroatoms. The van der Waals surface area contributed by atoms with E-state index in [1.54, 1.807) is 0 Å². The van der Waals surface area contributed by atoms with E-state index in [-0.39, 0.29) is 5.75 Å². The molecule has 0 spiro atoms. The first kappa shape index (κ1) is 14.0. The SMILES string of the molecule is CC(C)c1cc(Br)c(OS(C)(=O)=O)c(Br)c1. The van der Waals surface area contributed by atoms with Crippen LogP contribution in [-0.4, -0.2) is 14.7 Å². The van der Waals surface area contributed by atoms with Gasteiger partial charge in [0.15, 0.2) is 5.75 Å². The minimum atomic E-state index is -3.52. The fourth-order valence-electron chi connectivity index (χ4n) is 1.14. The van der Waals surface area contributed by atoms with Crippen LogP contribution in [0.1, 0.15) is 25.3 Å². The molecule has 0 aliphatic heterocycles. The van der Waals surface area contributed by atoms with Crippen molar-refractivity contribution < 1.29 is 12.6 Å². The van der Waals surface area contributed by atoms with Crippen molar-refractivity contribution in [2.75, 3.05) is 6.26 Å². The van der Waals surface area contributed by atoms with Crippen molar-refractivity contribution in [3.63, 3.8) is 0 Å². The van der Waals surface area contributed by atoms with E-state index in [1.165, 1.54) is 0 Å². The van der Waals surface area contributed by atoms with Crippen LogP contribution in [0, 0.1) is 0 Å². The third-order valence-electron chi connectivity index (χ3n) is 1.92. The second kappa shape index (κ2) is 5.06. The Bertz CT molecular complexity index is 472. The summed E-state index contributed by atoms with van der Waals surface area (Å²) in [6.45, 7) is 4.12. The molecule has 0 N–H and O–H groups in total. The zero-order valence-electron chi connectivity index (χ0n) is 9.12. The second-order valence-corrected chi connectivity index (χ2v) is 7.04. The van der Waals surface area contributed by atoms with E-state index < -0.39 is 10.1 Å². The van der Waals surface area contributed by atoms with Crippen molar-refractivity contribution in [2.45, 2.75) is 19.8 Å². The summed E-state index contributed by atoms with van der Waals surface area (Å²) in [5.41, 5.74) is 1.10. The molecule has 3 nitrogen and oxygen atoms in total. The summed E-state index contributed by atoms with van der Waals surface area (Å²) in [5, 5.41) is 0. The Hall–Kier alpha value is -0.0700. The van der Waals surface area contributed by atoms with E-state index in [9.17, 15) is 8.42 Å². The van der Waals surface area contributed by atoms with Crippen LogP contribution in [0.3, 0.4) is 0 Å². The maximum atomic E-state index is 11.1. The second-order valence-electron chi connectivity index (χ2n) is 3.76. The standard InChI is InChI=1S/C10H12Br2O3S/c1-6(2)7-4-8(11)10(9(12)5-7)15-16(3,13)14/h4-6H,1-3H3. The predicted octanol–water partition coefficient (Wildman–Crippen LogP) is 3.67. The van der Waals surface area contributed by atoms with E-state index >= 15 is 0 Å². The van der Waals surface area contributed by atoms with Crippen molar-refractivity contribution in [2.24, 2.45) is 0 Å². The number of hydrogen-bond donors (Lipinski definition) is 0. The maximum absolute atomic E-state index is 11.1. The Morgan fingerprint density at radius 2 is 1.62 bits per heavy atom. The quantitative estimate of drug-likeness (QED) is 0.761. The highest BCUT2D eigenvalue weighted by molar-refractivity contribution is 9.11. The van der Waals surface area contributed by atoms with Gasteiger partial charge in [-0.1, -0.05) is 13.8 Å². The summed E-state index contributed by atoms with van der Waals surface area (Å²) in [6.07, 6.45) is 1.02. The summed E-state index contributed by atoms with van der Waals surface area (Å²) in [5.74, 6) is 0.645. The van der Waals surface area contributed by atoms with Crippen LogP contribution in [0.25, 0.3) is 0 Å². The number of hydrogen-bond acceptors (Lipinski definition) is 3. The van der Waals surface area contributed by atoms with Crippen LogP contribution in [0.4, 0.5) is 0 Å². The molecule has 0 unspecified atom stereocenters. The van der Waals surface area contributed by atoms with E-state index in [2.05, 4.69) is 45.7 Å². The van der Waals surface area contributed by atoms with Crippen LogP contribution in [-0.2, 0) is 10.1 Å². The molecule has 0 amide bonds. The first-order valence-corrected chi connectivity index (χ1v) is 7.99. The van der Waals surface area contributed by atoms with Crippen molar-refractivity contribution in [1.82, 2.24) is 0 Å². The molecule has 0 aliphatic rings. The molecular weight excluding hydrogens is 360 g/mol. The highest BCUT2D eigenvalue weighted by Crippen LogP contribution is 2.37. The van der Waals surface area contributed by atoms with Gasteiger partial charge in [-0.2, -0.15) is 8.42 Å². The third-order valence-corrected chi connectivity index (χ3v) is 3.57. The van der Waals surface area contributed by atoms with Crippen molar-refractivity contribution >= 4 is 42.0 Å². The van der Waals surface area contributed by atoms with Crippen LogP contribution in [0.15, 0.2) is 21.1 Å². The van der Waals surface area contributed by atoms with Crippen molar-refractivity contribution in [3.05, 3.63) is 26.6 Å². The van der Waals surface area contributed by atoms with Gasteiger partial charge >= 0.3 is 10.1 Å². The topological polar surface area (TPSA) is 43.4 Å². The Balaban J connectivity index is 3.23. The molecule has 1 aromatic carbocycles. The number of benzene rings is 1. The van der Waals surface area contributed by atoms with Crippen LogP contribution >= 0.6 is 31.9 Å². The first-order chi connectivity index (χ1) is 7.20. The number of rotatable bonds is 3. The Morgan fingerprint density at radius 1 is 1.19 bits per heavy atom. The minimum absolute atomic E-state index is 0.284. The average Bonchev–Trinajstić information content (AvgIpc) is 2.09. The Kier molecular flexibility index (Phi) is 4.42. The summed E-state index contributed by atoms with van der Waals surface area (Å²) in [6, 6.07) is 3.71. The fraction of sp³-hybridized carbons (Fsp3) is 0.400. The normalized spacial score (nSPS) is 11.9. The van der Waals surface area contributed by atoms with E-state index in [0.29, 0.717) is 14.9 Å². The average molecular weight is 372 g/mol. The zero-order valence-corrected chi connectivity index (χ0v) is 13.1. The Labute approximate surface area is 113 Å². The van der Waals surface area contributed by atoms with E-state index in [4.69, 9.17) is 4.18 Å². The summed E-state index contributed by atoms with van der Waals surface area (Å²) < 4.78 is 28.2. The molecule has 0 atom stereocenters. The van der Waals surface area contributed by atoms with Gasteiger partial charge < -0.3 is 4.18 Å². The van der Waals surface area contributed by atoms with Crippen molar-refractivity contribution in [3.8, 4) is 5.75 Å². The first-order valence-electron chi connectivity index (χ1n) is 4.59. The molecule has 16 heavy (non-hydrogen) atoms. The lowest BCUT2D eigenvalue weighted by molar-refractivity contribution is 0.489. The summed E-state index contributed by atoms with van der Waals surface area (Å²) in [7, 11) is -3.52. The van der Waals surface area contributed by atoms with Gasteiger partial charge in [-0.05, 0) is 55.5 Å². The van der Waals surface area contributed by atoms with E-state index in [1.807, 2.05) is 12.1 Å². The third kappa shape index (κ3) is 3.75. The molecule has 0 radical (unpaired) electrons.